The quantitative estimate of drug-likeness (QED) is 0.381. The molecule has 1 aromatic carbocycles. The summed E-state index contributed by atoms with van der Waals surface area (Å²) >= 11 is 8.43. The summed E-state index contributed by atoms with van der Waals surface area (Å²) in [6, 6.07) is 10.6. The van der Waals surface area contributed by atoms with Crippen molar-refractivity contribution in [2.24, 2.45) is 0 Å². The van der Waals surface area contributed by atoms with Crippen molar-refractivity contribution in [1.82, 2.24) is 15.6 Å². The van der Waals surface area contributed by atoms with E-state index in [1.165, 1.54) is 39.9 Å². The molecule has 0 bridgehead atoms. The molecule has 2 heterocycles. The zero-order valence-corrected chi connectivity index (χ0v) is 18.8. The Balaban J connectivity index is 1.31. The lowest BCUT2D eigenvalue weighted by atomic mass is 9.91. The van der Waals surface area contributed by atoms with Gasteiger partial charge in [-0.15, -0.1) is 11.3 Å². The zero-order valence-electron chi connectivity index (χ0n) is 14.8. The van der Waals surface area contributed by atoms with Crippen molar-refractivity contribution >= 4 is 60.0 Å². The Kier molecular flexibility index (Phi) is 6.02. The first-order valence-corrected chi connectivity index (χ1v) is 11.6. The number of hydrogen-bond donors (Lipinski definition) is 3. The molecule has 0 saturated carbocycles. The van der Waals surface area contributed by atoms with E-state index in [1.807, 2.05) is 12.1 Å². The second-order valence-corrected chi connectivity index (χ2v) is 10.2. The summed E-state index contributed by atoms with van der Waals surface area (Å²) in [6.45, 7) is 1.57. The normalized spacial score (nSPS) is 16.4. The fourth-order valence-electron chi connectivity index (χ4n) is 3.73. The van der Waals surface area contributed by atoms with Crippen LogP contribution < -0.4 is 10.6 Å². The molecule has 1 amide bonds. The number of hydrogen-bond acceptors (Lipinski definition) is 3. The molecule has 1 unspecified atom stereocenters. The molecule has 0 spiro atoms. The SMILES string of the molecule is O=C(NCCCNC1CCCc2c1[nH]c1ccc(Br)cc21)c1ccc(Br)s1. The van der Waals surface area contributed by atoms with Gasteiger partial charge in [-0.05, 0) is 84.1 Å². The molecule has 4 rings (SSSR count). The third kappa shape index (κ3) is 4.31. The zero-order chi connectivity index (χ0) is 18.8. The maximum Gasteiger partial charge on any atom is 0.261 e. The standard InChI is InChI=1S/C20H21Br2N3OS/c21-12-5-6-15-14(11-12)13-3-1-4-16(19(13)25-15)23-9-2-10-24-20(26)17-7-8-18(22)27-17/h5-8,11,16,23,25H,1-4,9-10H2,(H,24,26). The topological polar surface area (TPSA) is 56.9 Å². The van der Waals surface area contributed by atoms with Crippen molar-refractivity contribution in [2.75, 3.05) is 13.1 Å². The van der Waals surface area contributed by atoms with E-state index in [9.17, 15) is 4.79 Å². The van der Waals surface area contributed by atoms with Gasteiger partial charge in [0.05, 0.1) is 8.66 Å². The minimum absolute atomic E-state index is 0.00634. The Labute approximate surface area is 179 Å². The van der Waals surface area contributed by atoms with Gasteiger partial charge in [-0.25, -0.2) is 0 Å². The van der Waals surface area contributed by atoms with Crippen LogP contribution in [0.5, 0.6) is 0 Å². The van der Waals surface area contributed by atoms with E-state index in [4.69, 9.17) is 0 Å². The van der Waals surface area contributed by atoms with Crippen LogP contribution in [0.25, 0.3) is 10.9 Å². The second kappa shape index (κ2) is 8.47. The number of aryl methyl sites for hydroxylation is 1. The number of benzene rings is 1. The van der Waals surface area contributed by atoms with Crippen LogP contribution in [0.15, 0.2) is 38.6 Å². The number of nitrogens with one attached hydrogen (secondary N) is 3. The largest absolute Gasteiger partial charge is 0.357 e. The van der Waals surface area contributed by atoms with E-state index >= 15 is 0 Å². The van der Waals surface area contributed by atoms with E-state index in [1.54, 1.807) is 0 Å². The van der Waals surface area contributed by atoms with Gasteiger partial charge in [0.15, 0.2) is 0 Å². The van der Waals surface area contributed by atoms with E-state index in [2.05, 4.69) is 65.7 Å². The maximum absolute atomic E-state index is 12.1. The number of aromatic amines is 1. The van der Waals surface area contributed by atoms with Crippen LogP contribution in [0.3, 0.4) is 0 Å². The van der Waals surface area contributed by atoms with Crippen LogP contribution >= 0.6 is 43.2 Å². The lowest BCUT2D eigenvalue weighted by Gasteiger charge is -2.24. The molecule has 3 aromatic rings. The average Bonchev–Trinajstić information content (AvgIpc) is 3.25. The molecular weight excluding hydrogens is 490 g/mol. The first-order valence-electron chi connectivity index (χ1n) is 9.19. The molecule has 0 aliphatic heterocycles. The molecule has 7 heteroatoms. The molecule has 27 heavy (non-hydrogen) atoms. The van der Waals surface area contributed by atoms with Crippen molar-refractivity contribution in [3.63, 3.8) is 0 Å². The van der Waals surface area contributed by atoms with Crippen molar-refractivity contribution in [2.45, 2.75) is 31.7 Å². The highest BCUT2D eigenvalue weighted by Crippen LogP contribution is 2.35. The van der Waals surface area contributed by atoms with Crippen molar-refractivity contribution in [1.29, 1.82) is 0 Å². The van der Waals surface area contributed by atoms with Gasteiger partial charge in [-0.3, -0.25) is 4.79 Å². The number of carbonyl (C=O) groups excluding carboxylic acids is 1. The average molecular weight is 511 g/mol. The fraction of sp³-hybridized carbons (Fsp3) is 0.350. The number of H-pyrrole nitrogens is 1. The molecular formula is C20H21Br2N3OS. The smallest absolute Gasteiger partial charge is 0.261 e. The van der Waals surface area contributed by atoms with Gasteiger partial charge < -0.3 is 15.6 Å². The molecule has 1 aliphatic rings. The van der Waals surface area contributed by atoms with Gasteiger partial charge in [-0.2, -0.15) is 0 Å². The number of amides is 1. The minimum atomic E-state index is 0.00634. The van der Waals surface area contributed by atoms with Gasteiger partial charge in [0.2, 0.25) is 0 Å². The Morgan fingerprint density at radius 3 is 2.93 bits per heavy atom. The summed E-state index contributed by atoms with van der Waals surface area (Å²) in [5.41, 5.74) is 4.00. The Hall–Kier alpha value is -1.15. The fourth-order valence-corrected chi connectivity index (χ4v) is 5.39. The van der Waals surface area contributed by atoms with E-state index < -0.39 is 0 Å². The number of aromatic nitrogens is 1. The van der Waals surface area contributed by atoms with Crippen LogP contribution in [-0.2, 0) is 6.42 Å². The highest BCUT2D eigenvalue weighted by atomic mass is 79.9. The molecule has 4 nitrogen and oxygen atoms in total. The van der Waals surface area contributed by atoms with Gasteiger partial charge in [0, 0.05) is 33.7 Å². The van der Waals surface area contributed by atoms with E-state index in [0.717, 1.165) is 38.9 Å². The summed E-state index contributed by atoms with van der Waals surface area (Å²) in [7, 11) is 0. The van der Waals surface area contributed by atoms with Crippen molar-refractivity contribution < 1.29 is 4.79 Å². The van der Waals surface area contributed by atoms with Gasteiger partial charge in [0.1, 0.15) is 0 Å². The molecule has 0 radical (unpaired) electrons. The molecule has 0 fully saturated rings. The minimum Gasteiger partial charge on any atom is -0.357 e. The highest BCUT2D eigenvalue weighted by Gasteiger charge is 2.23. The molecule has 142 valence electrons. The van der Waals surface area contributed by atoms with Crippen LogP contribution in [-0.4, -0.2) is 24.0 Å². The molecule has 1 aliphatic carbocycles. The lowest BCUT2D eigenvalue weighted by Crippen LogP contribution is -2.30. The van der Waals surface area contributed by atoms with Crippen LogP contribution in [0.2, 0.25) is 0 Å². The summed E-state index contributed by atoms with van der Waals surface area (Å²) < 4.78 is 2.10. The van der Waals surface area contributed by atoms with E-state index in [-0.39, 0.29) is 5.91 Å². The van der Waals surface area contributed by atoms with Crippen LogP contribution in [0.1, 0.15) is 46.2 Å². The summed E-state index contributed by atoms with van der Waals surface area (Å²) in [6.07, 6.45) is 4.40. The van der Waals surface area contributed by atoms with Crippen LogP contribution in [0.4, 0.5) is 0 Å². The number of carbonyl (C=O) groups is 1. The van der Waals surface area contributed by atoms with Crippen LogP contribution in [0, 0.1) is 0 Å². The Morgan fingerprint density at radius 2 is 2.11 bits per heavy atom. The second-order valence-electron chi connectivity index (χ2n) is 6.82. The number of thiophene rings is 1. The Morgan fingerprint density at radius 1 is 1.22 bits per heavy atom. The first-order chi connectivity index (χ1) is 13.1. The summed E-state index contributed by atoms with van der Waals surface area (Å²) in [5.74, 6) is 0.00634. The maximum atomic E-state index is 12.1. The van der Waals surface area contributed by atoms with Gasteiger partial charge in [-0.1, -0.05) is 15.9 Å². The first kappa shape index (κ1) is 19.2. The van der Waals surface area contributed by atoms with Crippen molar-refractivity contribution in [3.8, 4) is 0 Å². The molecule has 2 aromatic heterocycles. The van der Waals surface area contributed by atoms with Gasteiger partial charge in [0.25, 0.3) is 5.91 Å². The predicted octanol–water partition coefficient (Wildman–Crippen LogP) is 5.54. The number of halogens is 2. The summed E-state index contributed by atoms with van der Waals surface area (Å²) in [5, 5.41) is 8.00. The number of fused-ring (bicyclic) bond motifs is 3. The van der Waals surface area contributed by atoms with Gasteiger partial charge >= 0.3 is 0 Å². The third-order valence-corrected chi connectivity index (χ3v) is 7.11. The number of rotatable bonds is 6. The van der Waals surface area contributed by atoms with E-state index in [0.29, 0.717) is 12.6 Å². The summed E-state index contributed by atoms with van der Waals surface area (Å²) in [4.78, 5) is 16.4. The highest BCUT2D eigenvalue weighted by molar-refractivity contribution is 9.11. The van der Waals surface area contributed by atoms with Crippen molar-refractivity contribution in [3.05, 3.63) is 54.7 Å². The Bertz CT molecular complexity index is 965. The molecule has 1 atom stereocenters. The lowest BCUT2D eigenvalue weighted by molar-refractivity contribution is 0.0957. The molecule has 3 N–H and O–H groups in total. The predicted molar refractivity (Wildman–Crippen MR) is 119 cm³/mol. The third-order valence-electron chi connectivity index (χ3n) is 5.00. The monoisotopic (exact) mass is 509 g/mol. The molecule has 0 saturated heterocycles.